The summed E-state index contributed by atoms with van der Waals surface area (Å²) in [6, 6.07) is 4.21. The van der Waals surface area contributed by atoms with Gasteiger partial charge in [0.05, 0.1) is 22.5 Å². The van der Waals surface area contributed by atoms with Crippen molar-refractivity contribution in [1.29, 1.82) is 0 Å². The Labute approximate surface area is 132 Å². The van der Waals surface area contributed by atoms with E-state index in [0.717, 1.165) is 0 Å². The van der Waals surface area contributed by atoms with E-state index < -0.39 is 5.82 Å². The average Bonchev–Trinajstić information content (AvgIpc) is 2.98. The smallest absolute Gasteiger partial charge is 0.257 e. The number of amides is 1. The van der Waals surface area contributed by atoms with E-state index in [1.807, 2.05) is 0 Å². The van der Waals surface area contributed by atoms with Gasteiger partial charge in [0.2, 0.25) is 0 Å². The van der Waals surface area contributed by atoms with Gasteiger partial charge in [-0.1, -0.05) is 11.6 Å². The number of nitrogens with one attached hydrogen (secondary N) is 1. The number of rotatable bonds is 6. The largest absolute Gasteiger partial charge is 0.336 e. The Morgan fingerprint density at radius 1 is 1.32 bits per heavy atom. The summed E-state index contributed by atoms with van der Waals surface area (Å²) in [5.41, 5.74) is 12.5. The Hall–Kier alpha value is -1.96. The third kappa shape index (κ3) is 3.44. The zero-order valence-corrected chi connectivity index (χ0v) is 12.6. The molecule has 1 aromatic heterocycles. The normalized spacial score (nSPS) is 10.7. The molecule has 5 N–H and O–H groups in total. The second kappa shape index (κ2) is 7.35. The highest BCUT2D eigenvalue weighted by Crippen LogP contribution is 2.26. The van der Waals surface area contributed by atoms with Crippen LogP contribution in [0.3, 0.4) is 0 Å². The van der Waals surface area contributed by atoms with Crippen molar-refractivity contribution in [3.63, 3.8) is 0 Å². The number of aromatic amines is 1. The first-order valence-corrected chi connectivity index (χ1v) is 7.14. The van der Waals surface area contributed by atoms with Crippen LogP contribution in [-0.2, 0) is 0 Å². The third-order valence-corrected chi connectivity index (χ3v) is 3.45. The van der Waals surface area contributed by atoms with Crippen molar-refractivity contribution < 1.29 is 9.18 Å². The Morgan fingerprint density at radius 2 is 2.00 bits per heavy atom. The fourth-order valence-corrected chi connectivity index (χ4v) is 2.30. The van der Waals surface area contributed by atoms with Crippen LogP contribution in [0.2, 0.25) is 5.02 Å². The standard InChI is InChI=1S/C14H17ClFN5O/c15-11-7-9(1-2-12(11)16)13-10(8-19-20-13)14(22)21(5-3-17)6-4-18/h1-2,7-8H,3-6,17-18H2,(H,19,20). The van der Waals surface area contributed by atoms with Gasteiger partial charge in [-0.05, 0) is 18.2 Å². The Morgan fingerprint density at radius 3 is 2.59 bits per heavy atom. The molecule has 118 valence electrons. The molecule has 2 rings (SSSR count). The van der Waals surface area contributed by atoms with Crippen molar-refractivity contribution in [3.8, 4) is 11.3 Å². The maximum atomic E-state index is 13.3. The zero-order valence-electron chi connectivity index (χ0n) is 11.9. The van der Waals surface area contributed by atoms with Crippen LogP contribution in [0.4, 0.5) is 4.39 Å². The molecule has 0 atom stereocenters. The first-order chi connectivity index (χ1) is 10.6. The van der Waals surface area contributed by atoms with Crippen LogP contribution < -0.4 is 11.5 Å². The monoisotopic (exact) mass is 325 g/mol. The SMILES string of the molecule is NCCN(CCN)C(=O)c1cn[nH]c1-c1ccc(F)c(Cl)c1. The number of carbonyl (C=O) groups is 1. The van der Waals surface area contributed by atoms with Gasteiger partial charge >= 0.3 is 0 Å². The molecule has 0 fully saturated rings. The molecule has 0 unspecified atom stereocenters. The average molecular weight is 326 g/mol. The van der Waals surface area contributed by atoms with Gasteiger partial charge in [-0.25, -0.2) is 4.39 Å². The summed E-state index contributed by atoms with van der Waals surface area (Å²) in [5.74, 6) is -0.759. The van der Waals surface area contributed by atoms with E-state index in [2.05, 4.69) is 10.2 Å². The zero-order chi connectivity index (χ0) is 16.1. The molecular formula is C14H17ClFN5O. The molecule has 22 heavy (non-hydrogen) atoms. The van der Waals surface area contributed by atoms with Gasteiger partial charge in [0.15, 0.2) is 0 Å². The van der Waals surface area contributed by atoms with E-state index in [1.165, 1.54) is 24.4 Å². The highest BCUT2D eigenvalue weighted by molar-refractivity contribution is 6.31. The van der Waals surface area contributed by atoms with E-state index in [9.17, 15) is 9.18 Å². The lowest BCUT2D eigenvalue weighted by molar-refractivity contribution is 0.0766. The first-order valence-electron chi connectivity index (χ1n) is 6.76. The predicted octanol–water partition coefficient (Wildman–Crippen LogP) is 1.23. The predicted molar refractivity (Wildman–Crippen MR) is 83.0 cm³/mol. The van der Waals surface area contributed by atoms with Crippen molar-refractivity contribution in [1.82, 2.24) is 15.1 Å². The van der Waals surface area contributed by atoms with Crippen LogP contribution in [0.25, 0.3) is 11.3 Å². The van der Waals surface area contributed by atoms with Crippen LogP contribution >= 0.6 is 11.6 Å². The molecule has 0 aliphatic carbocycles. The summed E-state index contributed by atoms with van der Waals surface area (Å²) in [5, 5.41) is 6.63. The summed E-state index contributed by atoms with van der Waals surface area (Å²) in [4.78, 5) is 14.1. The fourth-order valence-electron chi connectivity index (χ4n) is 2.12. The van der Waals surface area contributed by atoms with Gasteiger partial charge in [0, 0.05) is 31.7 Å². The molecule has 1 aromatic carbocycles. The molecule has 1 heterocycles. The molecule has 2 aromatic rings. The van der Waals surface area contributed by atoms with Crippen molar-refractivity contribution in [2.24, 2.45) is 11.5 Å². The highest BCUT2D eigenvalue weighted by Gasteiger charge is 2.21. The van der Waals surface area contributed by atoms with Gasteiger partial charge in [-0.2, -0.15) is 5.10 Å². The summed E-state index contributed by atoms with van der Waals surface area (Å²) in [7, 11) is 0. The number of aromatic nitrogens is 2. The summed E-state index contributed by atoms with van der Waals surface area (Å²) >= 11 is 5.79. The van der Waals surface area contributed by atoms with Crippen LogP contribution in [0.15, 0.2) is 24.4 Å². The number of hydrogen-bond acceptors (Lipinski definition) is 4. The molecule has 0 saturated heterocycles. The summed E-state index contributed by atoms with van der Waals surface area (Å²) < 4.78 is 13.3. The van der Waals surface area contributed by atoms with Crippen LogP contribution in [0.5, 0.6) is 0 Å². The quantitative estimate of drug-likeness (QED) is 0.743. The lowest BCUT2D eigenvalue weighted by atomic mass is 10.1. The second-order valence-electron chi connectivity index (χ2n) is 4.66. The number of hydrogen-bond donors (Lipinski definition) is 3. The molecule has 0 spiro atoms. The van der Waals surface area contributed by atoms with E-state index in [4.69, 9.17) is 23.1 Å². The number of nitrogens with two attached hydrogens (primary N) is 2. The van der Waals surface area contributed by atoms with Gasteiger partial charge in [0.1, 0.15) is 5.82 Å². The molecule has 8 heteroatoms. The molecule has 0 aliphatic heterocycles. The summed E-state index contributed by atoms with van der Waals surface area (Å²) in [6.45, 7) is 1.46. The van der Waals surface area contributed by atoms with E-state index in [1.54, 1.807) is 4.90 Å². The topological polar surface area (TPSA) is 101 Å². The van der Waals surface area contributed by atoms with E-state index >= 15 is 0 Å². The second-order valence-corrected chi connectivity index (χ2v) is 5.06. The molecule has 0 aliphatic rings. The summed E-state index contributed by atoms with van der Waals surface area (Å²) in [6.07, 6.45) is 1.43. The minimum atomic E-state index is -0.523. The third-order valence-electron chi connectivity index (χ3n) is 3.16. The number of H-pyrrole nitrogens is 1. The lowest BCUT2D eigenvalue weighted by Gasteiger charge is -2.21. The Balaban J connectivity index is 2.35. The minimum absolute atomic E-state index is 0.0220. The fraction of sp³-hybridized carbons (Fsp3) is 0.286. The van der Waals surface area contributed by atoms with Gasteiger partial charge < -0.3 is 16.4 Å². The van der Waals surface area contributed by atoms with Crippen LogP contribution in [-0.4, -0.2) is 47.2 Å². The Kier molecular flexibility index (Phi) is 5.48. The van der Waals surface area contributed by atoms with Gasteiger partial charge in [-0.15, -0.1) is 0 Å². The van der Waals surface area contributed by atoms with Crippen molar-refractivity contribution in [2.75, 3.05) is 26.2 Å². The molecule has 0 radical (unpaired) electrons. The van der Waals surface area contributed by atoms with Gasteiger partial charge in [-0.3, -0.25) is 9.89 Å². The number of benzene rings is 1. The Bertz CT molecular complexity index is 654. The molecule has 0 saturated carbocycles. The first kappa shape index (κ1) is 16.4. The maximum absolute atomic E-state index is 13.3. The van der Waals surface area contributed by atoms with Crippen molar-refractivity contribution in [2.45, 2.75) is 0 Å². The van der Waals surface area contributed by atoms with Gasteiger partial charge in [0.25, 0.3) is 5.91 Å². The van der Waals surface area contributed by atoms with E-state index in [0.29, 0.717) is 43.0 Å². The molecule has 1 amide bonds. The number of nitrogens with zero attached hydrogens (tertiary/aromatic N) is 2. The minimum Gasteiger partial charge on any atom is -0.336 e. The van der Waals surface area contributed by atoms with Crippen molar-refractivity contribution >= 4 is 17.5 Å². The van der Waals surface area contributed by atoms with Crippen molar-refractivity contribution in [3.05, 3.63) is 40.8 Å². The van der Waals surface area contributed by atoms with Crippen LogP contribution in [0.1, 0.15) is 10.4 Å². The number of carbonyl (C=O) groups excluding carboxylic acids is 1. The van der Waals surface area contributed by atoms with E-state index in [-0.39, 0.29) is 10.9 Å². The lowest BCUT2D eigenvalue weighted by Crippen LogP contribution is -2.38. The molecular weight excluding hydrogens is 309 g/mol. The molecule has 6 nitrogen and oxygen atoms in total. The molecule has 0 bridgehead atoms. The maximum Gasteiger partial charge on any atom is 0.257 e. The van der Waals surface area contributed by atoms with Crippen LogP contribution in [0, 0.1) is 5.82 Å². The number of halogens is 2. The highest BCUT2D eigenvalue weighted by atomic mass is 35.5.